The molecular formula is C12H8BrN3O2S. The summed E-state index contributed by atoms with van der Waals surface area (Å²) in [6.45, 7) is 0. The summed E-state index contributed by atoms with van der Waals surface area (Å²) in [5, 5.41) is 11.3. The van der Waals surface area contributed by atoms with E-state index in [1.54, 1.807) is 19.2 Å². The summed E-state index contributed by atoms with van der Waals surface area (Å²) in [6.07, 6.45) is 0. The monoisotopic (exact) mass is 337 g/mol. The number of nitrogens with one attached hydrogen (secondary N) is 1. The van der Waals surface area contributed by atoms with Gasteiger partial charge in [0.15, 0.2) is 4.77 Å². The second-order valence-corrected chi connectivity index (χ2v) is 5.44. The Morgan fingerprint density at radius 3 is 2.84 bits per heavy atom. The predicted octanol–water partition coefficient (Wildman–Crippen LogP) is 0.910. The van der Waals surface area contributed by atoms with E-state index in [4.69, 9.17) is 12.2 Å². The van der Waals surface area contributed by atoms with Crippen LogP contribution < -0.4 is 10.6 Å². The number of aromatic nitrogens is 2. The molecule has 3 rings (SSSR count). The van der Waals surface area contributed by atoms with Gasteiger partial charge in [-0.1, -0.05) is 15.9 Å². The largest absolute Gasteiger partial charge is 0.493 e. The van der Waals surface area contributed by atoms with Crippen LogP contribution in [0, 0.1) is 4.77 Å². The molecule has 1 aromatic carbocycles. The van der Waals surface area contributed by atoms with Crippen molar-refractivity contribution in [1.29, 1.82) is 0 Å². The number of amides is 1. The van der Waals surface area contributed by atoms with E-state index in [9.17, 15) is 9.90 Å². The molecule has 0 bridgehead atoms. The van der Waals surface area contributed by atoms with Gasteiger partial charge in [-0.2, -0.15) is 0 Å². The molecule has 0 spiro atoms. The number of fused-ring (bicyclic) bond motifs is 1. The molecule has 0 saturated carbocycles. The molecule has 0 fully saturated rings. The zero-order chi connectivity index (χ0) is 13.7. The fourth-order valence-corrected chi connectivity index (χ4v) is 2.56. The molecule has 1 aromatic heterocycles. The third-order valence-corrected chi connectivity index (χ3v) is 3.86. The van der Waals surface area contributed by atoms with Gasteiger partial charge < -0.3 is 10.1 Å². The van der Waals surface area contributed by atoms with Crippen LogP contribution in [0.15, 0.2) is 27.7 Å². The Labute approximate surface area is 121 Å². The third-order valence-electron chi connectivity index (χ3n) is 2.99. The molecule has 0 aliphatic carbocycles. The Bertz CT molecular complexity index is 895. The van der Waals surface area contributed by atoms with Crippen LogP contribution in [0.4, 0.5) is 0 Å². The minimum atomic E-state index is -0.389. The number of nitrogens with zero attached hydrogens (tertiary/aromatic N) is 2. The van der Waals surface area contributed by atoms with Crippen molar-refractivity contribution in [3.05, 3.63) is 43.7 Å². The minimum Gasteiger partial charge on any atom is -0.493 e. The number of aromatic amines is 1. The first-order chi connectivity index (χ1) is 8.99. The smallest absolute Gasteiger partial charge is 0.280 e. The van der Waals surface area contributed by atoms with Crippen LogP contribution in [0.5, 0.6) is 5.88 Å². The highest BCUT2D eigenvalue weighted by Gasteiger charge is 2.24. The van der Waals surface area contributed by atoms with Crippen LogP contribution in [0.25, 0.3) is 5.57 Å². The van der Waals surface area contributed by atoms with Crippen molar-refractivity contribution in [2.45, 2.75) is 0 Å². The van der Waals surface area contributed by atoms with Crippen LogP contribution in [0.1, 0.15) is 5.69 Å². The molecule has 1 aliphatic heterocycles. The Kier molecular flexibility index (Phi) is 2.68. The van der Waals surface area contributed by atoms with Crippen molar-refractivity contribution in [2.75, 3.05) is 0 Å². The maximum absolute atomic E-state index is 12.0. The lowest BCUT2D eigenvalue weighted by molar-refractivity contribution is -0.112. The van der Waals surface area contributed by atoms with Crippen molar-refractivity contribution < 1.29 is 9.90 Å². The van der Waals surface area contributed by atoms with Gasteiger partial charge in [-0.05, 0) is 30.4 Å². The van der Waals surface area contributed by atoms with E-state index < -0.39 is 0 Å². The van der Waals surface area contributed by atoms with Crippen LogP contribution in [0.2, 0.25) is 0 Å². The van der Waals surface area contributed by atoms with Gasteiger partial charge in [-0.25, -0.2) is 4.99 Å². The molecule has 0 saturated heterocycles. The molecular weight excluding hydrogens is 330 g/mol. The summed E-state index contributed by atoms with van der Waals surface area (Å²) < 4.78 is 2.58. The Morgan fingerprint density at radius 2 is 2.21 bits per heavy atom. The maximum atomic E-state index is 12.0. The molecule has 96 valence electrons. The molecule has 0 radical (unpaired) electrons. The molecule has 7 heteroatoms. The fraction of sp³-hybridized carbons (Fsp3) is 0.0833. The maximum Gasteiger partial charge on any atom is 0.280 e. The van der Waals surface area contributed by atoms with Crippen molar-refractivity contribution >= 4 is 39.6 Å². The number of rotatable bonds is 1. The first-order valence-corrected chi connectivity index (χ1v) is 6.60. The number of carbonyl (C=O) groups excluding carboxylic acids is 1. The van der Waals surface area contributed by atoms with Gasteiger partial charge in [0.05, 0.1) is 10.9 Å². The molecule has 1 amide bonds. The number of aromatic hydroxyl groups is 1. The molecule has 2 aromatic rings. The number of benzene rings is 1. The molecule has 1 aliphatic rings. The van der Waals surface area contributed by atoms with Crippen molar-refractivity contribution in [2.24, 2.45) is 12.0 Å². The normalized spacial score (nSPS) is 13.6. The number of halogens is 1. The van der Waals surface area contributed by atoms with Gasteiger partial charge in [0.1, 0.15) is 5.69 Å². The van der Waals surface area contributed by atoms with Gasteiger partial charge in [-0.15, -0.1) is 0 Å². The van der Waals surface area contributed by atoms with E-state index >= 15 is 0 Å². The lowest BCUT2D eigenvalue weighted by atomic mass is 10.1. The second kappa shape index (κ2) is 4.14. The lowest BCUT2D eigenvalue weighted by Gasteiger charge is -1.98. The summed E-state index contributed by atoms with van der Waals surface area (Å²) in [5.74, 6) is -0.461. The van der Waals surface area contributed by atoms with E-state index in [2.05, 4.69) is 25.9 Å². The average Bonchev–Trinajstić information content (AvgIpc) is 2.80. The first kappa shape index (κ1) is 12.3. The second-order valence-electron chi connectivity index (χ2n) is 4.14. The van der Waals surface area contributed by atoms with Gasteiger partial charge in [0.25, 0.3) is 5.91 Å². The van der Waals surface area contributed by atoms with Gasteiger partial charge in [0.2, 0.25) is 5.88 Å². The zero-order valence-electron chi connectivity index (χ0n) is 9.77. The van der Waals surface area contributed by atoms with E-state index in [1.165, 1.54) is 4.57 Å². The van der Waals surface area contributed by atoms with Gasteiger partial charge in [-0.3, -0.25) is 9.36 Å². The van der Waals surface area contributed by atoms with Crippen LogP contribution in [0.3, 0.4) is 0 Å². The predicted molar refractivity (Wildman–Crippen MR) is 74.7 cm³/mol. The SMILES string of the molecule is Cn1c(O)c(C2=c3cc(Br)ccc3=NC2=O)[nH]c1=S. The quantitative estimate of drug-likeness (QED) is 0.760. The van der Waals surface area contributed by atoms with Crippen LogP contribution in [-0.2, 0) is 11.8 Å². The molecule has 0 unspecified atom stereocenters. The highest BCUT2D eigenvalue weighted by atomic mass is 79.9. The number of imidazole rings is 1. The van der Waals surface area contributed by atoms with E-state index in [-0.39, 0.29) is 11.8 Å². The number of carbonyl (C=O) groups is 1. The van der Waals surface area contributed by atoms with Gasteiger partial charge in [0, 0.05) is 16.7 Å². The standard InChI is InChI=1S/C12H8BrN3O2S/c1-16-11(18)9(15-12(16)19)8-6-4-5(13)2-3-7(6)14-10(8)17/h2-4,18H,1H3,(H,15,19). The number of hydrogen-bond acceptors (Lipinski definition) is 3. The molecule has 2 heterocycles. The van der Waals surface area contributed by atoms with E-state index in [0.717, 1.165) is 4.47 Å². The van der Waals surface area contributed by atoms with E-state index in [0.29, 0.717) is 26.6 Å². The zero-order valence-corrected chi connectivity index (χ0v) is 12.2. The number of hydrogen-bond donors (Lipinski definition) is 2. The van der Waals surface area contributed by atoms with Crippen LogP contribution in [-0.4, -0.2) is 20.6 Å². The lowest BCUT2D eigenvalue weighted by Crippen LogP contribution is -2.23. The van der Waals surface area contributed by atoms with Crippen LogP contribution >= 0.6 is 28.1 Å². The average molecular weight is 338 g/mol. The van der Waals surface area contributed by atoms with E-state index in [1.807, 2.05) is 6.07 Å². The summed E-state index contributed by atoms with van der Waals surface area (Å²) in [5.41, 5.74) is 0.638. The van der Waals surface area contributed by atoms with Gasteiger partial charge >= 0.3 is 0 Å². The summed E-state index contributed by atoms with van der Waals surface area (Å²) in [4.78, 5) is 18.8. The Balaban J connectivity index is 2.45. The topological polar surface area (TPSA) is 70.4 Å². The molecule has 5 nitrogen and oxygen atoms in total. The summed E-state index contributed by atoms with van der Waals surface area (Å²) in [7, 11) is 1.62. The number of H-pyrrole nitrogens is 1. The molecule has 0 atom stereocenters. The van der Waals surface area contributed by atoms with Crippen molar-refractivity contribution in [3.8, 4) is 5.88 Å². The Morgan fingerprint density at radius 1 is 1.47 bits per heavy atom. The minimum absolute atomic E-state index is 0.0728. The summed E-state index contributed by atoms with van der Waals surface area (Å²) in [6, 6.07) is 5.35. The third kappa shape index (κ3) is 1.77. The molecule has 2 N–H and O–H groups in total. The van der Waals surface area contributed by atoms with Crippen molar-refractivity contribution in [3.63, 3.8) is 0 Å². The molecule has 19 heavy (non-hydrogen) atoms. The highest BCUT2D eigenvalue weighted by molar-refractivity contribution is 9.10. The highest BCUT2D eigenvalue weighted by Crippen LogP contribution is 2.23. The first-order valence-electron chi connectivity index (χ1n) is 5.40. The van der Waals surface area contributed by atoms with Crippen molar-refractivity contribution in [1.82, 2.24) is 9.55 Å². The Hall–Kier alpha value is -1.73. The fourth-order valence-electron chi connectivity index (χ4n) is 2.01. The summed E-state index contributed by atoms with van der Waals surface area (Å²) >= 11 is 8.40.